The van der Waals surface area contributed by atoms with Crippen molar-refractivity contribution in [3.8, 4) is 10.1 Å². The third-order valence-corrected chi connectivity index (χ3v) is 15.6. The summed E-state index contributed by atoms with van der Waals surface area (Å²) in [6.07, 6.45) is 14.4. The molecular formula is C18H14Cl2O2S2Zr. The van der Waals surface area contributed by atoms with Gasteiger partial charge in [-0.05, 0) is 0 Å². The Bertz CT molecular complexity index is 834. The van der Waals surface area contributed by atoms with Gasteiger partial charge >= 0.3 is 172 Å². The van der Waals surface area contributed by atoms with Crippen molar-refractivity contribution in [3.05, 3.63) is 76.0 Å². The molecule has 0 bridgehead atoms. The van der Waals surface area contributed by atoms with Crippen LogP contribution in [0, 0.1) is 0 Å². The van der Waals surface area contributed by atoms with Crippen LogP contribution >= 0.6 is 45.9 Å². The first-order valence-electron chi connectivity index (χ1n) is 7.75. The topological polar surface area (TPSA) is 18.5 Å². The second kappa shape index (κ2) is 7.58. The first-order valence-corrected chi connectivity index (χ1v) is 14.7. The minimum atomic E-state index is -3.92. The Kier molecular flexibility index (Phi) is 5.40. The molecular weight excluding hydrogens is 474 g/mol. The summed E-state index contributed by atoms with van der Waals surface area (Å²) < 4.78 is 15.8. The van der Waals surface area contributed by atoms with E-state index in [-0.39, 0.29) is 0 Å². The minimum absolute atomic E-state index is 0.630. The van der Waals surface area contributed by atoms with Crippen molar-refractivity contribution in [2.45, 2.75) is 12.8 Å². The van der Waals surface area contributed by atoms with E-state index < -0.39 is 21.1 Å². The average Bonchev–Trinajstić information content (AvgIpc) is 3.36. The average molecular weight is 489 g/mol. The molecule has 2 aromatic heterocycles. The number of halogens is 2. The van der Waals surface area contributed by atoms with Crippen LogP contribution in [0.1, 0.15) is 12.8 Å². The predicted molar refractivity (Wildman–Crippen MR) is 104 cm³/mol. The summed E-state index contributed by atoms with van der Waals surface area (Å²) in [4.78, 5) is 0. The van der Waals surface area contributed by atoms with Crippen molar-refractivity contribution in [2.24, 2.45) is 0 Å². The summed E-state index contributed by atoms with van der Waals surface area (Å²) in [6.45, 7) is 0. The molecule has 0 aliphatic heterocycles. The van der Waals surface area contributed by atoms with Crippen LogP contribution in [0.25, 0.3) is 0 Å². The molecule has 2 aliphatic carbocycles. The van der Waals surface area contributed by atoms with Crippen LogP contribution in [0.5, 0.6) is 10.1 Å². The monoisotopic (exact) mass is 486 g/mol. The number of allylic oxidation sites excluding steroid dienone is 8. The Labute approximate surface area is 170 Å². The Balaban J connectivity index is 1.81. The van der Waals surface area contributed by atoms with Gasteiger partial charge in [0.1, 0.15) is 0 Å². The molecule has 0 unspecified atom stereocenters. The first kappa shape index (κ1) is 17.8. The SMILES string of the molecule is Clc1ccsc1[O][Zr]([O]c1sccc1Cl)([C]1=CC=CC1)[C]1=CC=CC1. The second-order valence-electron chi connectivity index (χ2n) is 5.58. The normalized spacial score (nSPS) is 16.2. The molecule has 0 aromatic carbocycles. The Morgan fingerprint density at radius 2 is 1.28 bits per heavy atom. The summed E-state index contributed by atoms with van der Waals surface area (Å²) >= 11 is 11.8. The molecule has 2 nitrogen and oxygen atoms in total. The molecule has 0 spiro atoms. The van der Waals surface area contributed by atoms with E-state index in [4.69, 9.17) is 28.8 Å². The first-order chi connectivity index (χ1) is 12.2. The van der Waals surface area contributed by atoms with E-state index in [9.17, 15) is 0 Å². The fraction of sp³-hybridized carbons (Fsp3) is 0.111. The zero-order valence-corrected chi connectivity index (χ0v) is 18.7. The van der Waals surface area contributed by atoms with Crippen molar-refractivity contribution < 1.29 is 26.8 Å². The molecule has 25 heavy (non-hydrogen) atoms. The van der Waals surface area contributed by atoms with Gasteiger partial charge in [-0.3, -0.25) is 0 Å². The fourth-order valence-corrected chi connectivity index (χ4v) is 14.7. The maximum atomic E-state index is 6.67. The molecule has 0 saturated heterocycles. The molecule has 0 atom stereocenters. The fourth-order valence-electron chi connectivity index (χ4n) is 2.84. The van der Waals surface area contributed by atoms with Crippen LogP contribution in [0.15, 0.2) is 65.9 Å². The molecule has 0 saturated carbocycles. The van der Waals surface area contributed by atoms with Crippen molar-refractivity contribution in [3.63, 3.8) is 0 Å². The zero-order chi connectivity index (χ0) is 17.3. The van der Waals surface area contributed by atoms with Crippen LogP contribution < -0.4 is 5.63 Å². The second-order valence-corrected chi connectivity index (χ2v) is 15.3. The summed E-state index contributed by atoms with van der Waals surface area (Å²) in [7, 11) is 0. The Morgan fingerprint density at radius 1 is 0.800 bits per heavy atom. The van der Waals surface area contributed by atoms with Crippen LogP contribution in [0.2, 0.25) is 10.0 Å². The molecule has 0 radical (unpaired) electrons. The molecule has 7 heteroatoms. The van der Waals surface area contributed by atoms with Crippen LogP contribution in [0.4, 0.5) is 0 Å². The summed E-state index contributed by atoms with van der Waals surface area (Å²) in [5, 5.41) is 6.59. The van der Waals surface area contributed by atoms with E-state index in [2.05, 4.69) is 36.5 Å². The van der Waals surface area contributed by atoms with Gasteiger partial charge in [-0.2, -0.15) is 0 Å². The predicted octanol–water partition coefficient (Wildman–Crippen LogP) is 7.25. The summed E-state index contributed by atoms with van der Waals surface area (Å²) in [6, 6.07) is 3.72. The summed E-state index contributed by atoms with van der Waals surface area (Å²) in [5.41, 5.74) is 0. The van der Waals surface area contributed by atoms with E-state index in [1.165, 1.54) is 29.2 Å². The van der Waals surface area contributed by atoms with Gasteiger partial charge in [0.15, 0.2) is 0 Å². The van der Waals surface area contributed by atoms with Crippen LogP contribution in [-0.4, -0.2) is 0 Å². The third-order valence-electron chi connectivity index (χ3n) is 4.03. The zero-order valence-electron chi connectivity index (χ0n) is 13.1. The van der Waals surface area contributed by atoms with E-state index in [1.807, 2.05) is 22.9 Å². The van der Waals surface area contributed by atoms with Crippen molar-refractivity contribution in [1.82, 2.24) is 0 Å². The third kappa shape index (κ3) is 3.50. The summed E-state index contributed by atoms with van der Waals surface area (Å²) in [5.74, 6) is 0. The van der Waals surface area contributed by atoms with Gasteiger partial charge in [0.05, 0.1) is 0 Å². The van der Waals surface area contributed by atoms with Crippen molar-refractivity contribution in [2.75, 3.05) is 0 Å². The number of hydrogen-bond acceptors (Lipinski definition) is 4. The molecule has 4 rings (SSSR count). The quantitative estimate of drug-likeness (QED) is 0.427. The standard InChI is InChI=1S/2C5H5.2C4H3ClOS.Zr/c2*1-2-4-5-3-1;2*5-3-1-2-7-4(3)6;/h2*1-3H,4H2;2*1-2,6H;/q;;;;+2/p-2. The molecule has 2 aliphatic rings. The molecule has 2 heterocycles. The molecule has 0 fully saturated rings. The van der Waals surface area contributed by atoms with E-state index in [0.717, 1.165) is 23.0 Å². The maximum absolute atomic E-state index is 6.67. The molecule has 128 valence electrons. The number of rotatable bonds is 6. The van der Waals surface area contributed by atoms with E-state index >= 15 is 0 Å². The van der Waals surface area contributed by atoms with Gasteiger partial charge in [-0.25, -0.2) is 0 Å². The van der Waals surface area contributed by atoms with Gasteiger partial charge in [-0.1, -0.05) is 0 Å². The number of hydrogen-bond donors (Lipinski definition) is 0. The molecule has 2 aromatic rings. The van der Waals surface area contributed by atoms with Crippen molar-refractivity contribution >= 4 is 45.9 Å². The van der Waals surface area contributed by atoms with Crippen LogP contribution in [-0.2, 0) is 21.1 Å². The van der Waals surface area contributed by atoms with Crippen LogP contribution in [0.3, 0.4) is 0 Å². The Hall–Kier alpha value is -0.577. The number of thiophene rings is 2. The van der Waals surface area contributed by atoms with Gasteiger partial charge in [0.2, 0.25) is 0 Å². The van der Waals surface area contributed by atoms with Crippen molar-refractivity contribution in [1.29, 1.82) is 0 Å². The van der Waals surface area contributed by atoms with E-state index in [1.54, 1.807) is 0 Å². The van der Waals surface area contributed by atoms with E-state index in [0.29, 0.717) is 10.0 Å². The Morgan fingerprint density at radius 3 is 1.60 bits per heavy atom. The van der Waals surface area contributed by atoms with Gasteiger partial charge in [-0.15, -0.1) is 0 Å². The van der Waals surface area contributed by atoms with Gasteiger partial charge in [0.25, 0.3) is 0 Å². The van der Waals surface area contributed by atoms with Gasteiger partial charge < -0.3 is 0 Å². The van der Waals surface area contributed by atoms with Gasteiger partial charge in [0, 0.05) is 0 Å². The molecule has 0 N–H and O–H groups in total. The molecule has 0 amide bonds.